The summed E-state index contributed by atoms with van der Waals surface area (Å²) in [5, 5.41) is 19.5. The van der Waals surface area contributed by atoms with E-state index in [9.17, 15) is 14.9 Å². The molecule has 0 fully saturated rings. The fourth-order valence-electron chi connectivity index (χ4n) is 1.36. The number of nitriles is 1. The van der Waals surface area contributed by atoms with Gasteiger partial charge in [0.05, 0.1) is 16.9 Å². The molecule has 0 aliphatic carbocycles. The van der Waals surface area contributed by atoms with Crippen molar-refractivity contribution in [2.75, 3.05) is 0 Å². The summed E-state index contributed by atoms with van der Waals surface area (Å²) < 4.78 is 0. The van der Waals surface area contributed by atoms with E-state index in [0.717, 1.165) is 0 Å². The van der Waals surface area contributed by atoms with Crippen LogP contribution < -0.4 is 0 Å². The van der Waals surface area contributed by atoms with Crippen molar-refractivity contribution in [1.29, 1.82) is 5.26 Å². The molecule has 16 heavy (non-hydrogen) atoms. The summed E-state index contributed by atoms with van der Waals surface area (Å²) in [5.41, 5.74) is 0.430. The molecule has 1 atom stereocenters. The van der Waals surface area contributed by atoms with Gasteiger partial charge in [0.15, 0.2) is 5.78 Å². The lowest BCUT2D eigenvalue weighted by Crippen LogP contribution is -2.01. The Morgan fingerprint density at radius 3 is 2.62 bits per heavy atom. The Hall–Kier alpha value is -2.22. The number of nitro benzene ring substituents is 1. The molecule has 0 saturated heterocycles. The predicted molar refractivity (Wildman–Crippen MR) is 57.1 cm³/mol. The van der Waals surface area contributed by atoms with Gasteiger partial charge >= 0.3 is 0 Å². The van der Waals surface area contributed by atoms with Crippen molar-refractivity contribution in [3.63, 3.8) is 0 Å². The predicted octanol–water partition coefficient (Wildman–Crippen LogP) is 2.42. The lowest BCUT2D eigenvalue weighted by atomic mass is 9.98. The maximum Gasteiger partial charge on any atom is 0.274 e. The third-order valence-corrected chi connectivity index (χ3v) is 2.29. The van der Waals surface area contributed by atoms with E-state index in [1.807, 2.05) is 6.07 Å². The Kier molecular flexibility index (Phi) is 3.36. The van der Waals surface area contributed by atoms with Gasteiger partial charge in [0.25, 0.3) is 5.69 Å². The number of hydrogen-bond acceptors (Lipinski definition) is 4. The Morgan fingerprint density at radius 2 is 2.19 bits per heavy atom. The van der Waals surface area contributed by atoms with Crippen LogP contribution in [0.15, 0.2) is 18.2 Å². The van der Waals surface area contributed by atoms with Crippen molar-refractivity contribution in [2.24, 2.45) is 0 Å². The van der Waals surface area contributed by atoms with E-state index in [2.05, 4.69) is 0 Å². The van der Waals surface area contributed by atoms with Gasteiger partial charge in [-0.15, -0.1) is 0 Å². The lowest BCUT2D eigenvalue weighted by molar-refractivity contribution is -0.385. The third kappa shape index (κ3) is 2.23. The Bertz CT molecular complexity index is 488. The molecule has 5 nitrogen and oxygen atoms in total. The molecule has 0 amide bonds. The molecule has 0 saturated carbocycles. The molecule has 0 radical (unpaired) electrons. The molecular weight excluding hydrogens is 208 g/mol. The van der Waals surface area contributed by atoms with E-state index in [0.29, 0.717) is 5.56 Å². The molecule has 5 heteroatoms. The first-order chi connectivity index (χ1) is 7.47. The normalized spacial score (nSPS) is 11.6. The standard InChI is InChI=1S/C11H10N2O3/c1-7(6-12)10-4-3-9(8(2)14)5-11(10)13(15)16/h3-5,7H,1-2H3. The zero-order chi connectivity index (χ0) is 12.3. The second kappa shape index (κ2) is 4.53. The van der Waals surface area contributed by atoms with Crippen LogP contribution in [0.2, 0.25) is 0 Å². The van der Waals surface area contributed by atoms with Crippen LogP contribution in [0.25, 0.3) is 0 Å². The quantitative estimate of drug-likeness (QED) is 0.443. The summed E-state index contributed by atoms with van der Waals surface area (Å²) in [6.07, 6.45) is 0. The van der Waals surface area contributed by atoms with Crippen molar-refractivity contribution in [3.05, 3.63) is 39.4 Å². The van der Waals surface area contributed by atoms with Crippen LogP contribution >= 0.6 is 0 Å². The number of Topliss-reactive ketones (excluding diaryl/α,β-unsaturated/α-hetero) is 1. The molecule has 82 valence electrons. The van der Waals surface area contributed by atoms with E-state index < -0.39 is 10.8 Å². The summed E-state index contributed by atoms with van der Waals surface area (Å²) in [6.45, 7) is 2.92. The second-order valence-corrected chi connectivity index (χ2v) is 3.44. The number of nitrogens with zero attached hydrogens (tertiary/aromatic N) is 2. The van der Waals surface area contributed by atoms with E-state index >= 15 is 0 Å². The first-order valence-electron chi connectivity index (χ1n) is 4.66. The van der Waals surface area contributed by atoms with Crippen LogP contribution in [-0.4, -0.2) is 10.7 Å². The molecule has 0 aliphatic heterocycles. The number of carbonyl (C=O) groups excluding carboxylic acids is 1. The molecule has 0 N–H and O–H groups in total. The Morgan fingerprint density at radius 1 is 1.56 bits per heavy atom. The van der Waals surface area contributed by atoms with Crippen molar-refractivity contribution >= 4 is 11.5 Å². The minimum Gasteiger partial charge on any atom is -0.295 e. The van der Waals surface area contributed by atoms with Crippen LogP contribution in [0.3, 0.4) is 0 Å². The zero-order valence-corrected chi connectivity index (χ0v) is 8.93. The van der Waals surface area contributed by atoms with Gasteiger partial charge in [-0.1, -0.05) is 12.1 Å². The molecule has 0 heterocycles. The maximum atomic E-state index is 11.1. The third-order valence-electron chi connectivity index (χ3n) is 2.29. The fraction of sp³-hybridized carbons (Fsp3) is 0.273. The number of nitro groups is 1. The highest BCUT2D eigenvalue weighted by Crippen LogP contribution is 2.27. The summed E-state index contributed by atoms with van der Waals surface area (Å²) >= 11 is 0. The molecule has 1 unspecified atom stereocenters. The van der Waals surface area contributed by atoms with E-state index in [-0.39, 0.29) is 17.0 Å². The summed E-state index contributed by atoms with van der Waals surface area (Å²) in [6, 6.07) is 6.11. The van der Waals surface area contributed by atoms with Crippen LogP contribution in [0, 0.1) is 21.4 Å². The minimum absolute atomic E-state index is 0.179. The van der Waals surface area contributed by atoms with Crippen molar-refractivity contribution in [3.8, 4) is 6.07 Å². The van der Waals surface area contributed by atoms with E-state index in [1.165, 1.54) is 25.1 Å². The van der Waals surface area contributed by atoms with Gasteiger partial charge < -0.3 is 0 Å². The SMILES string of the molecule is CC(=O)c1ccc(C(C)C#N)c([N+](=O)[O-])c1. The average molecular weight is 218 g/mol. The largest absolute Gasteiger partial charge is 0.295 e. The maximum absolute atomic E-state index is 11.1. The average Bonchev–Trinajstić information content (AvgIpc) is 2.26. The Balaban J connectivity index is 3.37. The zero-order valence-electron chi connectivity index (χ0n) is 8.93. The number of rotatable bonds is 3. The number of hydrogen-bond donors (Lipinski definition) is 0. The molecule has 0 spiro atoms. The molecular formula is C11H10N2O3. The van der Waals surface area contributed by atoms with Gasteiger partial charge in [-0.3, -0.25) is 14.9 Å². The first-order valence-corrected chi connectivity index (χ1v) is 4.66. The molecule has 1 rings (SSSR count). The van der Waals surface area contributed by atoms with Gasteiger partial charge in [0.1, 0.15) is 0 Å². The summed E-state index contributed by atoms with van der Waals surface area (Å²) in [4.78, 5) is 21.3. The molecule has 1 aromatic carbocycles. The van der Waals surface area contributed by atoms with Crippen LogP contribution in [0.1, 0.15) is 35.7 Å². The molecule has 1 aromatic rings. The van der Waals surface area contributed by atoms with Gasteiger partial charge in [-0.05, 0) is 13.8 Å². The van der Waals surface area contributed by atoms with Crippen LogP contribution in [0.4, 0.5) is 5.69 Å². The van der Waals surface area contributed by atoms with Gasteiger partial charge in [-0.25, -0.2) is 0 Å². The molecule has 0 aromatic heterocycles. The number of ketones is 1. The van der Waals surface area contributed by atoms with Crippen LogP contribution in [0.5, 0.6) is 0 Å². The smallest absolute Gasteiger partial charge is 0.274 e. The Labute approximate surface area is 92.5 Å². The monoisotopic (exact) mass is 218 g/mol. The number of benzene rings is 1. The van der Waals surface area contributed by atoms with Gasteiger partial charge in [0.2, 0.25) is 0 Å². The summed E-state index contributed by atoms with van der Waals surface area (Å²) in [5.74, 6) is -0.805. The first kappa shape index (κ1) is 11.9. The van der Waals surface area contributed by atoms with E-state index in [4.69, 9.17) is 5.26 Å². The highest BCUT2D eigenvalue weighted by Gasteiger charge is 2.20. The highest BCUT2D eigenvalue weighted by molar-refractivity contribution is 5.94. The molecule has 0 bridgehead atoms. The van der Waals surface area contributed by atoms with Crippen molar-refractivity contribution in [1.82, 2.24) is 0 Å². The highest BCUT2D eigenvalue weighted by atomic mass is 16.6. The second-order valence-electron chi connectivity index (χ2n) is 3.44. The van der Waals surface area contributed by atoms with E-state index in [1.54, 1.807) is 6.92 Å². The summed E-state index contributed by atoms with van der Waals surface area (Å²) in [7, 11) is 0. The van der Waals surface area contributed by atoms with Crippen molar-refractivity contribution in [2.45, 2.75) is 19.8 Å². The van der Waals surface area contributed by atoms with Crippen molar-refractivity contribution < 1.29 is 9.72 Å². The van der Waals surface area contributed by atoms with Crippen LogP contribution in [-0.2, 0) is 0 Å². The van der Waals surface area contributed by atoms with Gasteiger partial charge in [0, 0.05) is 17.2 Å². The topological polar surface area (TPSA) is 84.0 Å². The number of carbonyl (C=O) groups is 1. The van der Waals surface area contributed by atoms with Gasteiger partial charge in [-0.2, -0.15) is 5.26 Å². The minimum atomic E-state index is -0.574. The lowest BCUT2D eigenvalue weighted by Gasteiger charge is -2.05. The molecule has 0 aliphatic rings. The fourth-order valence-corrected chi connectivity index (χ4v) is 1.36.